The third-order valence-corrected chi connectivity index (χ3v) is 7.79. The minimum atomic E-state index is -4.69. The highest BCUT2D eigenvalue weighted by atomic mass is 19.4. The Balaban J connectivity index is 1.30. The zero-order valence-corrected chi connectivity index (χ0v) is 23.2. The van der Waals surface area contributed by atoms with Gasteiger partial charge in [-0.2, -0.15) is 13.2 Å². The summed E-state index contributed by atoms with van der Waals surface area (Å²) in [6.45, 7) is 1.70. The number of benzene rings is 3. The van der Waals surface area contributed by atoms with E-state index in [1.165, 1.54) is 6.07 Å². The molecule has 44 heavy (non-hydrogen) atoms. The lowest BCUT2D eigenvalue weighted by atomic mass is 9.93. The van der Waals surface area contributed by atoms with Crippen molar-refractivity contribution >= 4 is 28.8 Å². The summed E-state index contributed by atoms with van der Waals surface area (Å²) in [5.41, 5.74) is 1.48. The van der Waals surface area contributed by atoms with E-state index in [1.54, 1.807) is 55.5 Å². The van der Waals surface area contributed by atoms with Crippen LogP contribution in [0.3, 0.4) is 0 Å². The van der Waals surface area contributed by atoms with Gasteiger partial charge in [-0.25, -0.2) is 9.78 Å². The molecule has 0 aliphatic heterocycles. The molecule has 222 valence electrons. The smallest absolute Gasteiger partial charge is 0.433 e. The second kappa shape index (κ2) is 11.1. The van der Waals surface area contributed by atoms with Crippen LogP contribution in [0.1, 0.15) is 42.7 Å². The van der Waals surface area contributed by atoms with Crippen LogP contribution < -0.4 is 5.32 Å². The van der Waals surface area contributed by atoms with Crippen molar-refractivity contribution in [2.45, 2.75) is 37.5 Å². The zero-order chi connectivity index (χ0) is 31.1. The Morgan fingerprint density at radius 1 is 0.909 bits per heavy atom. The average molecular weight is 600 g/mol. The Labute approximate surface area is 248 Å². The van der Waals surface area contributed by atoms with Crippen LogP contribution in [0.15, 0.2) is 101 Å². The van der Waals surface area contributed by atoms with Gasteiger partial charge in [0.1, 0.15) is 17.5 Å². The molecule has 0 spiro atoms. The summed E-state index contributed by atoms with van der Waals surface area (Å²) in [6.07, 6.45) is -4.94. The highest BCUT2D eigenvalue weighted by Gasteiger charge is 2.52. The van der Waals surface area contributed by atoms with E-state index in [4.69, 9.17) is 9.15 Å². The Bertz CT molecular complexity index is 1860. The van der Waals surface area contributed by atoms with Gasteiger partial charge in [-0.3, -0.25) is 10.1 Å². The summed E-state index contributed by atoms with van der Waals surface area (Å²) >= 11 is 0. The number of halogens is 3. The number of hydrogen-bond acceptors (Lipinski definition) is 6. The van der Waals surface area contributed by atoms with E-state index < -0.39 is 35.4 Å². The van der Waals surface area contributed by atoms with Gasteiger partial charge in [0.25, 0.3) is 5.91 Å². The fourth-order valence-corrected chi connectivity index (χ4v) is 5.18. The van der Waals surface area contributed by atoms with Crippen molar-refractivity contribution in [3.05, 3.63) is 113 Å². The highest BCUT2D eigenvalue weighted by Crippen LogP contribution is 2.49. The van der Waals surface area contributed by atoms with Crippen molar-refractivity contribution in [1.29, 1.82) is 0 Å². The lowest BCUT2D eigenvalue weighted by molar-refractivity contribution is -0.141. The second-order valence-electron chi connectivity index (χ2n) is 10.6. The van der Waals surface area contributed by atoms with Gasteiger partial charge in [0.15, 0.2) is 5.76 Å². The molecule has 6 rings (SSSR count). The van der Waals surface area contributed by atoms with Crippen LogP contribution in [0.2, 0.25) is 0 Å². The highest BCUT2D eigenvalue weighted by molar-refractivity contribution is 6.04. The number of ether oxygens (including phenoxy) is 1. The van der Waals surface area contributed by atoms with Crippen molar-refractivity contribution in [2.24, 2.45) is 5.18 Å². The Morgan fingerprint density at radius 2 is 1.52 bits per heavy atom. The number of furan rings is 1. The molecule has 1 N–H and O–H groups in total. The molecule has 1 fully saturated rings. The Morgan fingerprint density at radius 3 is 2.11 bits per heavy atom. The van der Waals surface area contributed by atoms with E-state index in [0.717, 1.165) is 28.3 Å². The van der Waals surface area contributed by atoms with E-state index >= 15 is 0 Å². The molecule has 2 heterocycles. The number of nitrogens with one attached hydrogen (secondary N) is 1. The number of nitrogens with zero attached hydrogens (tertiary/aromatic N) is 2. The molecule has 1 atom stereocenters. The molecule has 2 amide bonds. The number of rotatable bonds is 7. The van der Waals surface area contributed by atoms with Crippen molar-refractivity contribution in [3.8, 4) is 22.5 Å². The van der Waals surface area contributed by atoms with Crippen LogP contribution in [-0.4, -0.2) is 17.0 Å². The monoisotopic (exact) mass is 599 g/mol. The first-order valence-corrected chi connectivity index (χ1v) is 13.7. The predicted molar refractivity (Wildman–Crippen MR) is 157 cm³/mol. The standard InChI is InChI=1S/C33H24F3N3O5/c1-19(20-5-3-2-4-6-20)43-31(41)38-27-25-15-16-26(33(34,35)36)37-29(25)44-28(27)23-9-7-21(8-10-23)22-11-13-24(14-12-22)32(17-18-32)30(40)39-42/h2-16,19H,17-18H2,1H3,(H,38,41). The van der Waals surface area contributed by atoms with Crippen molar-refractivity contribution in [1.82, 2.24) is 4.98 Å². The van der Waals surface area contributed by atoms with Crippen LogP contribution >= 0.6 is 0 Å². The first kappa shape index (κ1) is 28.8. The van der Waals surface area contributed by atoms with Gasteiger partial charge in [0.05, 0.1) is 10.8 Å². The van der Waals surface area contributed by atoms with Crippen molar-refractivity contribution < 1.29 is 31.9 Å². The van der Waals surface area contributed by atoms with E-state index in [9.17, 15) is 27.7 Å². The molecule has 1 aliphatic rings. The maximum atomic E-state index is 13.4. The lowest BCUT2D eigenvalue weighted by Gasteiger charge is -2.14. The molecule has 1 saturated carbocycles. The molecule has 0 radical (unpaired) electrons. The van der Waals surface area contributed by atoms with Crippen LogP contribution in [0.5, 0.6) is 0 Å². The summed E-state index contributed by atoms with van der Waals surface area (Å²) < 4.78 is 51.5. The minimum Gasteiger partial charge on any atom is -0.441 e. The van der Waals surface area contributed by atoms with Crippen molar-refractivity contribution in [3.63, 3.8) is 0 Å². The van der Waals surface area contributed by atoms with E-state index in [0.29, 0.717) is 18.4 Å². The summed E-state index contributed by atoms with van der Waals surface area (Å²) in [7, 11) is 0. The van der Waals surface area contributed by atoms with E-state index in [1.807, 2.05) is 30.3 Å². The number of carbonyl (C=O) groups is 2. The number of nitroso groups, excluding NO2 is 1. The molecule has 8 nitrogen and oxygen atoms in total. The summed E-state index contributed by atoms with van der Waals surface area (Å²) in [4.78, 5) is 39.4. The van der Waals surface area contributed by atoms with Gasteiger partial charge in [-0.1, -0.05) is 78.9 Å². The first-order chi connectivity index (χ1) is 21.1. The number of anilines is 1. The molecule has 0 saturated heterocycles. The SMILES string of the molecule is CC(OC(=O)Nc1c(-c2ccc(-c3ccc(C4(C(=O)N=O)CC4)cc3)cc2)oc2nc(C(F)(F)F)ccc12)c1ccccc1. The lowest BCUT2D eigenvalue weighted by Crippen LogP contribution is -2.17. The quantitative estimate of drug-likeness (QED) is 0.187. The number of fused-ring (bicyclic) bond motifs is 1. The van der Waals surface area contributed by atoms with Gasteiger partial charge in [0, 0.05) is 10.7 Å². The van der Waals surface area contributed by atoms with Gasteiger partial charge in [0.2, 0.25) is 5.71 Å². The van der Waals surface area contributed by atoms with Gasteiger partial charge >= 0.3 is 12.3 Å². The third-order valence-electron chi connectivity index (χ3n) is 7.79. The number of alkyl halides is 3. The van der Waals surface area contributed by atoms with Gasteiger partial charge in [-0.05, 0) is 54.2 Å². The van der Waals surface area contributed by atoms with E-state index in [-0.39, 0.29) is 22.5 Å². The maximum Gasteiger partial charge on any atom is 0.433 e. The average Bonchev–Trinajstić information content (AvgIpc) is 3.77. The Kier molecular flexibility index (Phi) is 7.24. The maximum absolute atomic E-state index is 13.4. The van der Waals surface area contributed by atoms with Crippen LogP contribution in [0.25, 0.3) is 33.6 Å². The molecule has 11 heteroatoms. The topological polar surface area (TPSA) is 111 Å². The fraction of sp³-hybridized carbons (Fsp3) is 0.182. The molecule has 2 aromatic heterocycles. The van der Waals surface area contributed by atoms with E-state index in [2.05, 4.69) is 15.5 Å². The van der Waals surface area contributed by atoms with Crippen LogP contribution in [0, 0.1) is 4.91 Å². The molecular weight excluding hydrogens is 575 g/mol. The largest absolute Gasteiger partial charge is 0.441 e. The third kappa shape index (κ3) is 5.44. The molecular formula is C33H24F3N3O5. The normalized spacial score (nSPS) is 14.5. The number of pyridine rings is 1. The summed E-state index contributed by atoms with van der Waals surface area (Å²) in [5, 5.41) is 5.43. The van der Waals surface area contributed by atoms with Crippen molar-refractivity contribution in [2.75, 3.05) is 5.32 Å². The molecule has 1 aliphatic carbocycles. The minimum absolute atomic E-state index is 0.105. The molecule has 3 aromatic carbocycles. The molecule has 1 unspecified atom stereocenters. The van der Waals surface area contributed by atoms with Gasteiger partial charge < -0.3 is 9.15 Å². The fourth-order valence-electron chi connectivity index (χ4n) is 5.18. The molecule has 0 bridgehead atoms. The second-order valence-corrected chi connectivity index (χ2v) is 10.6. The number of hydrogen-bond donors (Lipinski definition) is 1. The molecule has 5 aromatic rings. The predicted octanol–water partition coefficient (Wildman–Crippen LogP) is 8.81. The van der Waals surface area contributed by atoms with Gasteiger partial charge in [-0.15, -0.1) is 4.91 Å². The van der Waals surface area contributed by atoms with Crippen LogP contribution in [0.4, 0.5) is 23.7 Å². The zero-order valence-electron chi connectivity index (χ0n) is 23.2. The number of carbonyl (C=O) groups excluding carboxylic acids is 2. The summed E-state index contributed by atoms with van der Waals surface area (Å²) in [5.74, 6) is -0.561. The number of amides is 2. The summed E-state index contributed by atoms with van der Waals surface area (Å²) in [6, 6.07) is 25.3. The first-order valence-electron chi connectivity index (χ1n) is 13.7. The Hall–Kier alpha value is -5.32. The van der Waals surface area contributed by atoms with Crippen LogP contribution in [-0.2, 0) is 21.1 Å². The number of aromatic nitrogens is 1.